The Bertz CT molecular complexity index is 403. The van der Waals surface area contributed by atoms with E-state index in [-0.39, 0.29) is 5.91 Å². The largest absolute Gasteiger partial charge is 0.361 e. The normalized spacial score (nSPS) is 20.9. The fourth-order valence-corrected chi connectivity index (χ4v) is 2.38. The highest BCUT2D eigenvalue weighted by molar-refractivity contribution is 5.92. The molecule has 1 aromatic rings. The second-order valence-corrected chi connectivity index (χ2v) is 5.13. The Hall–Kier alpha value is -1.36. The van der Waals surface area contributed by atoms with Crippen LogP contribution in [-0.2, 0) is 0 Å². The van der Waals surface area contributed by atoms with Crippen LogP contribution in [0.15, 0.2) is 10.6 Å². The summed E-state index contributed by atoms with van der Waals surface area (Å²) in [6, 6.07) is 1.65. The minimum absolute atomic E-state index is 0.156. The highest BCUT2D eigenvalue weighted by Crippen LogP contribution is 2.14. The summed E-state index contributed by atoms with van der Waals surface area (Å²) in [5.74, 6) is 1.27. The van der Waals surface area contributed by atoms with Gasteiger partial charge >= 0.3 is 0 Å². The van der Waals surface area contributed by atoms with Crippen molar-refractivity contribution in [2.75, 3.05) is 26.2 Å². The summed E-state index contributed by atoms with van der Waals surface area (Å²) in [4.78, 5) is 14.1. The Morgan fingerprint density at radius 3 is 3.17 bits per heavy atom. The van der Waals surface area contributed by atoms with Crippen LogP contribution >= 0.6 is 0 Å². The first-order chi connectivity index (χ1) is 8.65. The van der Waals surface area contributed by atoms with Crippen molar-refractivity contribution in [2.24, 2.45) is 5.92 Å². The van der Waals surface area contributed by atoms with Gasteiger partial charge in [-0.25, -0.2) is 0 Å². The van der Waals surface area contributed by atoms with Gasteiger partial charge in [-0.05, 0) is 32.2 Å². The summed E-state index contributed by atoms with van der Waals surface area (Å²) in [5, 5.41) is 6.56. The molecule has 1 N–H and O–H groups in total. The third-order valence-corrected chi connectivity index (χ3v) is 3.32. The van der Waals surface area contributed by atoms with Gasteiger partial charge in [0.25, 0.3) is 5.91 Å². The van der Waals surface area contributed by atoms with Crippen molar-refractivity contribution in [3.8, 4) is 0 Å². The Morgan fingerprint density at radius 1 is 1.67 bits per heavy atom. The van der Waals surface area contributed by atoms with E-state index >= 15 is 0 Å². The number of nitrogens with one attached hydrogen (secondary N) is 1. The van der Waals surface area contributed by atoms with Crippen molar-refractivity contribution in [3.05, 3.63) is 17.5 Å². The first-order valence-electron chi connectivity index (χ1n) is 6.59. The van der Waals surface area contributed by atoms with E-state index in [2.05, 4.69) is 22.3 Å². The van der Waals surface area contributed by atoms with E-state index in [4.69, 9.17) is 4.52 Å². The van der Waals surface area contributed by atoms with E-state index in [1.807, 2.05) is 0 Å². The SMILES string of the molecule is Cc1cc(C(=O)NCCN2CCCC(C)C2)no1. The Kier molecular flexibility index (Phi) is 4.36. The van der Waals surface area contributed by atoms with Gasteiger partial charge in [0, 0.05) is 25.7 Å². The fraction of sp³-hybridized carbons (Fsp3) is 0.692. The van der Waals surface area contributed by atoms with Gasteiger partial charge in [0.15, 0.2) is 5.69 Å². The lowest BCUT2D eigenvalue weighted by Gasteiger charge is -2.30. The third kappa shape index (κ3) is 3.57. The molecule has 1 atom stereocenters. The lowest BCUT2D eigenvalue weighted by Crippen LogP contribution is -2.40. The molecule has 18 heavy (non-hydrogen) atoms. The molecule has 0 bridgehead atoms. The minimum atomic E-state index is -0.156. The molecule has 5 nitrogen and oxygen atoms in total. The molecule has 0 saturated carbocycles. The highest BCUT2D eigenvalue weighted by Gasteiger charge is 2.16. The second kappa shape index (κ2) is 6.00. The number of likely N-dealkylation sites (tertiary alicyclic amines) is 1. The predicted molar refractivity (Wildman–Crippen MR) is 68.4 cm³/mol. The Balaban J connectivity index is 1.70. The first kappa shape index (κ1) is 13.1. The number of carbonyl (C=O) groups is 1. The molecular weight excluding hydrogens is 230 g/mol. The first-order valence-corrected chi connectivity index (χ1v) is 6.59. The van der Waals surface area contributed by atoms with Gasteiger partial charge in [-0.3, -0.25) is 4.79 Å². The van der Waals surface area contributed by atoms with Crippen molar-refractivity contribution in [1.82, 2.24) is 15.4 Å². The smallest absolute Gasteiger partial charge is 0.273 e. The van der Waals surface area contributed by atoms with Crippen molar-refractivity contribution < 1.29 is 9.32 Å². The van der Waals surface area contributed by atoms with Gasteiger partial charge in [-0.2, -0.15) is 0 Å². The van der Waals surface area contributed by atoms with Crippen LogP contribution in [0.4, 0.5) is 0 Å². The molecule has 0 spiro atoms. The molecule has 1 unspecified atom stereocenters. The summed E-state index contributed by atoms with van der Waals surface area (Å²) < 4.78 is 4.87. The molecule has 1 aliphatic heterocycles. The van der Waals surface area contributed by atoms with Crippen LogP contribution in [0.1, 0.15) is 36.0 Å². The standard InChI is InChI=1S/C13H21N3O2/c1-10-4-3-6-16(9-10)7-5-14-13(17)12-8-11(2)18-15-12/h8,10H,3-7,9H2,1-2H3,(H,14,17). The maximum atomic E-state index is 11.7. The molecular formula is C13H21N3O2. The van der Waals surface area contributed by atoms with Crippen LogP contribution in [0.25, 0.3) is 0 Å². The summed E-state index contributed by atoms with van der Waals surface area (Å²) in [7, 11) is 0. The summed E-state index contributed by atoms with van der Waals surface area (Å²) in [6.07, 6.45) is 2.58. The van der Waals surface area contributed by atoms with Crippen LogP contribution in [0.5, 0.6) is 0 Å². The van der Waals surface area contributed by atoms with Gasteiger partial charge in [0.05, 0.1) is 0 Å². The Morgan fingerprint density at radius 2 is 2.50 bits per heavy atom. The summed E-state index contributed by atoms with van der Waals surface area (Å²) in [6.45, 7) is 7.91. The molecule has 1 aromatic heterocycles. The predicted octanol–water partition coefficient (Wildman–Crippen LogP) is 1.44. The molecule has 1 aliphatic rings. The summed E-state index contributed by atoms with van der Waals surface area (Å²) in [5.41, 5.74) is 0.361. The fourth-order valence-electron chi connectivity index (χ4n) is 2.38. The van der Waals surface area contributed by atoms with Gasteiger partial charge in [-0.15, -0.1) is 0 Å². The van der Waals surface area contributed by atoms with E-state index < -0.39 is 0 Å². The van der Waals surface area contributed by atoms with E-state index in [0.717, 1.165) is 25.6 Å². The zero-order valence-corrected chi connectivity index (χ0v) is 11.1. The van der Waals surface area contributed by atoms with E-state index in [9.17, 15) is 4.79 Å². The number of hydrogen-bond acceptors (Lipinski definition) is 4. The zero-order valence-electron chi connectivity index (χ0n) is 11.1. The number of carbonyl (C=O) groups excluding carboxylic acids is 1. The summed E-state index contributed by atoms with van der Waals surface area (Å²) >= 11 is 0. The highest BCUT2D eigenvalue weighted by atomic mass is 16.5. The lowest BCUT2D eigenvalue weighted by molar-refractivity contribution is 0.0935. The van der Waals surface area contributed by atoms with Crippen molar-refractivity contribution in [1.29, 1.82) is 0 Å². The van der Waals surface area contributed by atoms with Crippen LogP contribution in [0, 0.1) is 12.8 Å². The van der Waals surface area contributed by atoms with Gasteiger partial charge in [-0.1, -0.05) is 12.1 Å². The number of rotatable bonds is 4. The van der Waals surface area contributed by atoms with Crippen molar-refractivity contribution >= 4 is 5.91 Å². The maximum absolute atomic E-state index is 11.7. The number of aryl methyl sites for hydroxylation is 1. The number of amides is 1. The number of piperidine rings is 1. The molecule has 1 saturated heterocycles. The lowest BCUT2D eigenvalue weighted by atomic mass is 10.0. The second-order valence-electron chi connectivity index (χ2n) is 5.13. The number of hydrogen-bond donors (Lipinski definition) is 1. The quantitative estimate of drug-likeness (QED) is 0.880. The molecule has 0 aromatic carbocycles. The minimum Gasteiger partial charge on any atom is -0.361 e. The molecule has 2 rings (SSSR count). The van der Waals surface area contributed by atoms with E-state index in [1.54, 1.807) is 13.0 Å². The van der Waals surface area contributed by atoms with Crippen LogP contribution in [0.3, 0.4) is 0 Å². The zero-order chi connectivity index (χ0) is 13.0. The maximum Gasteiger partial charge on any atom is 0.273 e. The molecule has 5 heteroatoms. The van der Waals surface area contributed by atoms with Gasteiger partial charge in [0.1, 0.15) is 5.76 Å². The third-order valence-electron chi connectivity index (χ3n) is 3.32. The average Bonchev–Trinajstić information content (AvgIpc) is 2.76. The Labute approximate surface area is 108 Å². The van der Waals surface area contributed by atoms with Crippen LogP contribution < -0.4 is 5.32 Å². The molecule has 100 valence electrons. The molecule has 2 heterocycles. The topological polar surface area (TPSA) is 58.4 Å². The van der Waals surface area contributed by atoms with Crippen LogP contribution in [0.2, 0.25) is 0 Å². The van der Waals surface area contributed by atoms with E-state index in [1.165, 1.54) is 12.8 Å². The molecule has 1 fully saturated rings. The molecule has 0 radical (unpaired) electrons. The van der Waals surface area contributed by atoms with Gasteiger partial charge in [0.2, 0.25) is 0 Å². The number of aromatic nitrogens is 1. The molecule has 0 aliphatic carbocycles. The van der Waals surface area contributed by atoms with Crippen molar-refractivity contribution in [2.45, 2.75) is 26.7 Å². The van der Waals surface area contributed by atoms with Crippen LogP contribution in [-0.4, -0.2) is 42.1 Å². The molecule has 1 amide bonds. The van der Waals surface area contributed by atoms with Crippen molar-refractivity contribution in [3.63, 3.8) is 0 Å². The van der Waals surface area contributed by atoms with E-state index in [0.29, 0.717) is 18.0 Å². The van der Waals surface area contributed by atoms with Gasteiger partial charge < -0.3 is 14.7 Å². The average molecular weight is 251 g/mol. The monoisotopic (exact) mass is 251 g/mol. The number of nitrogens with zero attached hydrogens (tertiary/aromatic N) is 2.